The van der Waals surface area contributed by atoms with Crippen LogP contribution in [-0.2, 0) is 6.42 Å². The van der Waals surface area contributed by atoms with Crippen LogP contribution in [0, 0.1) is 11.6 Å². The molecule has 1 aliphatic rings. The molecule has 0 aliphatic carbocycles. The van der Waals surface area contributed by atoms with Gasteiger partial charge in [0.1, 0.15) is 11.6 Å². The summed E-state index contributed by atoms with van der Waals surface area (Å²) in [5, 5.41) is 3.14. The molecule has 0 spiro atoms. The Kier molecular flexibility index (Phi) is 3.45. The Labute approximate surface area is 87.9 Å². The van der Waals surface area contributed by atoms with Gasteiger partial charge >= 0.3 is 0 Å². The molecule has 1 nitrogen and oxygen atoms in total. The zero-order chi connectivity index (χ0) is 9.42. The van der Waals surface area contributed by atoms with Crippen LogP contribution in [0.1, 0.15) is 24.1 Å². The van der Waals surface area contributed by atoms with Gasteiger partial charge in [0.15, 0.2) is 0 Å². The summed E-state index contributed by atoms with van der Waals surface area (Å²) < 4.78 is 26.1. The van der Waals surface area contributed by atoms with Crippen molar-refractivity contribution in [3.05, 3.63) is 34.9 Å². The van der Waals surface area contributed by atoms with Crippen molar-refractivity contribution in [2.75, 3.05) is 6.54 Å². The summed E-state index contributed by atoms with van der Waals surface area (Å²) in [6.45, 7) is 2.68. The van der Waals surface area contributed by atoms with Crippen LogP contribution in [0.15, 0.2) is 12.1 Å². The van der Waals surface area contributed by atoms with Crippen LogP contribution in [0.5, 0.6) is 0 Å². The molecule has 1 aliphatic heterocycles. The van der Waals surface area contributed by atoms with E-state index in [-0.39, 0.29) is 18.4 Å². The minimum Gasteiger partial charge on any atom is -0.310 e. The summed E-state index contributed by atoms with van der Waals surface area (Å²) in [6.07, 6.45) is 0.703. The minimum atomic E-state index is -0.481. The normalized spacial score (nSPS) is 19.8. The molecule has 1 N–H and O–H groups in total. The van der Waals surface area contributed by atoms with E-state index < -0.39 is 11.6 Å². The number of nitrogens with one attached hydrogen (secondary N) is 1. The van der Waals surface area contributed by atoms with Crippen LogP contribution < -0.4 is 5.32 Å². The lowest BCUT2D eigenvalue weighted by Crippen LogP contribution is -2.28. The smallest absolute Gasteiger partial charge is 0.131 e. The first kappa shape index (κ1) is 11.4. The van der Waals surface area contributed by atoms with Crippen molar-refractivity contribution in [3.8, 4) is 0 Å². The quantitative estimate of drug-likeness (QED) is 0.707. The molecule has 0 fully saturated rings. The first-order chi connectivity index (χ1) is 6.18. The average molecular weight is 220 g/mol. The summed E-state index contributed by atoms with van der Waals surface area (Å²) in [5.41, 5.74) is 1.41. The standard InChI is InChI=1S/C10H11F2N.ClH/c1-6-10-7(2-3-13-6)4-8(11)5-9(10)12;/h4-6,13H,2-3H2,1H3;1H. The summed E-state index contributed by atoms with van der Waals surface area (Å²) in [5.74, 6) is -0.917. The van der Waals surface area contributed by atoms with E-state index in [0.717, 1.165) is 18.2 Å². The van der Waals surface area contributed by atoms with Gasteiger partial charge in [0, 0.05) is 17.7 Å². The van der Waals surface area contributed by atoms with Gasteiger partial charge < -0.3 is 5.32 Å². The van der Waals surface area contributed by atoms with Crippen molar-refractivity contribution in [2.45, 2.75) is 19.4 Å². The van der Waals surface area contributed by atoms with E-state index in [1.165, 1.54) is 6.07 Å². The molecule has 0 saturated carbocycles. The van der Waals surface area contributed by atoms with Crippen molar-refractivity contribution < 1.29 is 8.78 Å². The average Bonchev–Trinajstić information content (AvgIpc) is 2.02. The summed E-state index contributed by atoms with van der Waals surface area (Å²) in [6, 6.07) is 2.36. The van der Waals surface area contributed by atoms with Gasteiger partial charge in [0.2, 0.25) is 0 Å². The van der Waals surface area contributed by atoms with E-state index in [4.69, 9.17) is 0 Å². The topological polar surface area (TPSA) is 12.0 Å². The number of benzene rings is 1. The van der Waals surface area contributed by atoms with E-state index >= 15 is 0 Å². The number of hydrogen-bond acceptors (Lipinski definition) is 1. The SMILES string of the molecule is CC1NCCc2cc(F)cc(F)c21.Cl. The fourth-order valence-corrected chi connectivity index (χ4v) is 1.86. The van der Waals surface area contributed by atoms with Gasteiger partial charge in [-0.1, -0.05) is 0 Å². The lowest BCUT2D eigenvalue weighted by Gasteiger charge is -2.24. The molecule has 1 aromatic carbocycles. The Balaban J connectivity index is 0.000000980. The van der Waals surface area contributed by atoms with Gasteiger partial charge in [0.25, 0.3) is 0 Å². The third-order valence-electron chi connectivity index (χ3n) is 2.46. The van der Waals surface area contributed by atoms with Crippen LogP contribution in [0.4, 0.5) is 8.78 Å². The highest BCUT2D eigenvalue weighted by Gasteiger charge is 2.20. The predicted octanol–water partition coefficient (Wildman–Crippen LogP) is 2.59. The Morgan fingerprint density at radius 2 is 2.07 bits per heavy atom. The molecule has 1 heterocycles. The highest BCUT2D eigenvalue weighted by Crippen LogP contribution is 2.26. The fourth-order valence-electron chi connectivity index (χ4n) is 1.86. The molecule has 1 unspecified atom stereocenters. The highest BCUT2D eigenvalue weighted by molar-refractivity contribution is 5.85. The monoisotopic (exact) mass is 219 g/mol. The van der Waals surface area contributed by atoms with Crippen molar-refractivity contribution in [1.29, 1.82) is 0 Å². The van der Waals surface area contributed by atoms with E-state index in [1.54, 1.807) is 0 Å². The maximum Gasteiger partial charge on any atom is 0.131 e. The van der Waals surface area contributed by atoms with Crippen molar-refractivity contribution >= 4 is 12.4 Å². The summed E-state index contributed by atoms with van der Waals surface area (Å²) in [7, 11) is 0. The molecule has 1 atom stereocenters. The number of hydrogen-bond donors (Lipinski definition) is 1. The van der Waals surface area contributed by atoms with Crippen LogP contribution in [-0.4, -0.2) is 6.54 Å². The Hall–Kier alpha value is -0.670. The second kappa shape index (κ2) is 4.24. The van der Waals surface area contributed by atoms with Crippen molar-refractivity contribution in [1.82, 2.24) is 5.32 Å². The molecular formula is C10H12ClF2N. The molecular weight excluding hydrogens is 208 g/mol. The molecule has 0 radical (unpaired) electrons. The van der Waals surface area contributed by atoms with Gasteiger partial charge in [-0.3, -0.25) is 0 Å². The largest absolute Gasteiger partial charge is 0.310 e. The zero-order valence-corrected chi connectivity index (χ0v) is 8.63. The van der Waals surface area contributed by atoms with Gasteiger partial charge in [-0.25, -0.2) is 8.78 Å². The van der Waals surface area contributed by atoms with Crippen molar-refractivity contribution in [2.24, 2.45) is 0 Å². The third-order valence-corrected chi connectivity index (χ3v) is 2.46. The van der Waals surface area contributed by atoms with Crippen LogP contribution in [0.3, 0.4) is 0 Å². The molecule has 2 rings (SSSR count). The molecule has 1 aromatic rings. The van der Waals surface area contributed by atoms with Crippen molar-refractivity contribution in [3.63, 3.8) is 0 Å². The molecule has 0 saturated heterocycles. The Morgan fingerprint density at radius 3 is 2.79 bits per heavy atom. The van der Waals surface area contributed by atoms with E-state index in [1.807, 2.05) is 6.92 Å². The minimum absolute atomic E-state index is 0. The lowest BCUT2D eigenvalue weighted by molar-refractivity contribution is 0.488. The summed E-state index contributed by atoms with van der Waals surface area (Å²) >= 11 is 0. The first-order valence-electron chi connectivity index (χ1n) is 4.39. The maximum absolute atomic E-state index is 13.3. The zero-order valence-electron chi connectivity index (χ0n) is 7.81. The number of fused-ring (bicyclic) bond motifs is 1. The number of rotatable bonds is 0. The Bertz CT molecular complexity index is 341. The first-order valence-corrected chi connectivity index (χ1v) is 4.39. The maximum atomic E-state index is 13.3. The lowest BCUT2D eigenvalue weighted by atomic mass is 9.95. The molecule has 0 bridgehead atoms. The second-order valence-corrected chi connectivity index (χ2v) is 3.39. The molecule has 0 aromatic heterocycles. The highest BCUT2D eigenvalue weighted by atomic mass is 35.5. The van der Waals surface area contributed by atoms with Crippen LogP contribution >= 0.6 is 12.4 Å². The van der Waals surface area contributed by atoms with Gasteiger partial charge in [-0.15, -0.1) is 12.4 Å². The molecule has 14 heavy (non-hydrogen) atoms. The van der Waals surface area contributed by atoms with E-state index in [2.05, 4.69) is 5.32 Å². The van der Waals surface area contributed by atoms with Gasteiger partial charge in [0.05, 0.1) is 0 Å². The fraction of sp³-hybridized carbons (Fsp3) is 0.400. The van der Waals surface area contributed by atoms with Crippen LogP contribution in [0.2, 0.25) is 0 Å². The van der Waals surface area contributed by atoms with Gasteiger partial charge in [-0.05, 0) is 31.5 Å². The van der Waals surface area contributed by atoms with E-state index in [9.17, 15) is 8.78 Å². The molecule has 78 valence electrons. The Morgan fingerprint density at radius 1 is 1.36 bits per heavy atom. The molecule has 0 amide bonds. The van der Waals surface area contributed by atoms with Crippen LogP contribution in [0.25, 0.3) is 0 Å². The predicted molar refractivity (Wildman–Crippen MR) is 53.7 cm³/mol. The molecule has 4 heteroatoms. The summed E-state index contributed by atoms with van der Waals surface area (Å²) in [4.78, 5) is 0. The second-order valence-electron chi connectivity index (χ2n) is 3.39. The number of halogens is 3. The van der Waals surface area contributed by atoms with Gasteiger partial charge in [-0.2, -0.15) is 0 Å². The third kappa shape index (κ3) is 1.88. The van der Waals surface area contributed by atoms with E-state index in [0.29, 0.717) is 12.0 Å².